The van der Waals surface area contributed by atoms with Crippen molar-refractivity contribution in [3.63, 3.8) is 0 Å². The van der Waals surface area contributed by atoms with E-state index in [1.807, 2.05) is 24.3 Å². The van der Waals surface area contributed by atoms with E-state index in [1.54, 1.807) is 0 Å². The van der Waals surface area contributed by atoms with Crippen LogP contribution in [-0.4, -0.2) is 19.1 Å². The van der Waals surface area contributed by atoms with Crippen molar-refractivity contribution in [3.05, 3.63) is 54.1 Å². The van der Waals surface area contributed by atoms with Crippen LogP contribution in [0.4, 0.5) is 0 Å². The van der Waals surface area contributed by atoms with Gasteiger partial charge in [-0.15, -0.1) is 13.0 Å². The van der Waals surface area contributed by atoms with Gasteiger partial charge in [0.05, 0.1) is 0 Å². The Morgan fingerprint density at radius 2 is 2.22 bits per heavy atom. The monoisotopic (exact) mass is 307 g/mol. The number of carbonyl (C=O) groups excluding carboxylic acids is 1. The van der Waals surface area contributed by atoms with E-state index in [-0.39, 0.29) is 12.5 Å². The average Bonchev–Trinajstić information content (AvgIpc) is 2.54. The van der Waals surface area contributed by atoms with Crippen molar-refractivity contribution >= 4 is 16.7 Å². The van der Waals surface area contributed by atoms with Crippen LogP contribution in [0.25, 0.3) is 10.8 Å². The summed E-state index contributed by atoms with van der Waals surface area (Å²) in [4.78, 5) is 11.1. The van der Waals surface area contributed by atoms with Crippen molar-refractivity contribution in [1.82, 2.24) is 5.32 Å². The fourth-order valence-corrected chi connectivity index (χ4v) is 2.70. The van der Waals surface area contributed by atoms with E-state index in [4.69, 9.17) is 11.2 Å². The minimum atomic E-state index is -0.0189. The van der Waals surface area contributed by atoms with E-state index in [9.17, 15) is 4.79 Å². The highest BCUT2D eigenvalue weighted by Crippen LogP contribution is 2.31. The summed E-state index contributed by atoms with van der Waals surface area (Å²) in [6, 6.07) is 10.2. The Morgan fingerprint density at radius 3 is 2.91 bits per heavy atom. The fourth-order valence-electron chi connectivity index (χ4n) is 2.70. The van der Waals surface area contributed by atoms with Crippen LogP contribution in [-0.2, 0) is 17.6 Å². The molecule has 0 atom stereocenters. The third kappa shape index (κ3) is 4.14. The number of amides is 1. The number of allylic oxidation sites excluding steroid dienone is 1. The van der Waals surface area contributed by atoms with Crippen LogP contribution in [0, 0.1) is 12.3 Å². The van der Waals surface area contributed by atoms with Gasteiger partial charge in [0.15, 0.2) is 0 Å². The van der Waals surface area contributed by atoms with Gasteiger partial charge in [0, 0.05) is 19.0 Å². The molecule has 2 aromatic carbocycles. The maximum atomic E-state index is 11.1. The zero-order chi connectivity index (χ0) is 16.7. The Morgan fingerprint density at radius 1 is 1.39 bits per heavy atom. The van der Waals surface area contributed by atoms with Gasteiger partial charge in [0.2, 0.25) is 5.91 Å². The van der Waals surface area contributed by atoms with Gasteiger partial charge in [-0.25, -0.2) is 0 Å². The molecule has 0 heterocycles. The number of rotatable bonds is 7. The predicted octanol–water partition coefficient (Wildman–Crippen LogP) is 3.26. The maximum absolute atomic E-state index is 11.1. The van der Waals surface area contributed by atoms with Gasteiger partial charge in [-0.2, -0.15) is 0 Å². The van der Waals surface area contributed by atoms with Crippen LogP contribution in [0.1, 0.15) is 18.1 Å². The van der Waals surface area contributed by atoms with Crippen molar-refractivity contribution in [1.29, 1.82) is 0 Å². The van der Waals surface area contributed by atoms with E-state index in [1.165, 1.54) is 12.5 Å². The van der Waals surface area contributed by atoms with Crippen LogP contribution < -0.4 is 10.1 Å². The number of nitrogens with one attached hydrogen (secondary N) is 1. The molecule has 0 spiro atoms. The lowest BCUT2D eigenvalue weighted by Crippen LogP contribution is -2.22. The number of fused-ring (bicyclic) bond motifs is 1. The molecule has 1 N–H and O–H groups in total. The molecule has 0 aromatic heterocycles. The molecule has 0 bridgehead atoms. The second kappa shape index (κ2) is 8.05. The smallest absolute Gasteiger partial charge is 0.216 e. The highest BCUT2D eigenvalue weighted by Gasteiger charge is 2.11. The largest absolute Gasteiger partial charge is 0.481 e. The van der Waals surface area contributed by atoms with Crippen molar-refractivity contribution < 1.29 is 9.53 Å². The van der Waals surface area contributed by atoms with Crippen LogP contribution in [0.2, 0.25) is 0 Å². The topological polar surface area (TPSA) is 38.3 Å². The molecule has 0 saturated heterocycles. The third-order valence-corrected chi connectivity index (χ3v) is 3.62. The minimum absolute atomic E-state index is 0.0189. The molecule has 3 heteroatoms. The SMILES string of the molecule is C#CCOc1ccc2cccc(CCNC(C)=O)c2c1CC=C. The summed E-state index contributed by atoms with van der Waals surface area (Å²) in [6.45, 7) is 6.22. The van der Waals surface area contributed by atoms with Gasteiger partial charge >= 0.3 is 0 Å². The van der Waals surface area contributed by atoms with Crippen LogP contribution >= 0.6 is 0 Å². The molecule has 0 aliphatic heterocycles. The molecule has 0 aliphatic carbocycles. The van der Waals surface area contributed by atoms with E-state index in [0.717, 1.165) is 28.5 Å². The van der Waals surface area contributed by atoms with E-state index < -0.39 is 0 Å². The first-order chi connectivity index (χ1) is 11.2. The summed E-state index contributed by atoms with van der Waals surface area (Å²) < 4.78 is 5.69. The Labute approximate surface area is 137 Å². The predicted molar refractivity (Wildman–Crippen MR) is 94.6 cm³/mol. The molecule has 118 valence electrons. The molecule has 0 unspecified atom stereocenters. The fraction of sp³-hybridized carbons (Fsp3) is 0.250. The third-order valence-electron chi connectivity index (χ3n) is 3.62. The minimum Gasteiger partial charge on any atom is -0.481 e. The number of ether oxygens (including phenoxy) is 1. The first-order valence-electron chi connectivity index (χ1n) is 7.62. The zero-order valence-electron chi connectivity index (χ0n) is 13.4. The van der Waals surface area contributed by atoms with Gasteiger partial charge in [-0.1, -0.05) is 36.3 Å². The Bertz CT molecular complexity index is 756. The van der Waals surface area contributed by atoms with Crippen LogP contribution in [0.15, 0.2) is 43.0 Å². The summed E-state index contributed by atoms with van der Waals surface area (Å²) in [6.07, 6.45) is 8.63. The van der Waals surface area contributed by atoms with E-state index in [0.29, 0.717) is 13.0 Å². The highest BCUT2D eigenvalue weighted by molar-refractivity contribution is 5.91. The molecule has 0 fully saturated rings. The number of carbonyl (C=O) groups is 1. The van der Waals surface area contributed by atoms with Gasteiger partial charge in [0.25, 0.3) is 0 Å². The lowest BCUT2D eigenvalue weighted by atomic mass is 9.95. The van der Waals surface area contributed by atoms with E-state index >= 15 is 0 Å². The first kappa shape index (κ1) is 16.6. The van der Waals surface area contributed by atoms with Crippen molar-refractivity contribution in [2.75, 3.05) is 13.2 Å². The number of hydrogen-bond acceptors (Lipinski definition) is 2. The molecular formula is C20H21NO2. The zero-order valence-corrected chi connectivity index (χ0v) is 13.4. The number of terminal acetylenes is 1. The molecular weight excluding hydrogens is 286 g/mol. The maximum Gasteiger partial charge on any atom is 0.216 e. The van der Waals surface area contributed by atoms with Crippen LogP contribution in [0.3, 0.4) is 0 Å². The van der Waals surface area contributed by atoms with Crippen molar-refractivity contribution in [2.24, 2.45) is 0 Å². The Kier molecular flexibility index (Phi) is 5.82. The second-order valence-corrected chi connectivity index (χ2v) is 5.28. The summed E-state index contributed by atoms with van der Waals surface area (Å²) in [5.41, 5.74) is 2.27. The lowest BCUT2D eigenvalue weighted by molar-refractivity contribution is -0.118. The second-order valence-electron chi connectivity index (χ2n) is 5.28. The lowest BCUT2D eigenvalue weighted by Gasteiger charge is -2.15. The Balaban J connectivity index is 2.47. The summed E-state index contributed by atoms with van der Waals surface area (Å²) >= 11 is 0. The molecule has 0 saturated carbocycles. The standard InChI is InChI=1S/C20H21NO2/c1-4-7-18-19(23-14-5-2)11-10-16-8-6-9-17(20(16)18)12-13-21-15(3)22/h2,4,6,8-11H,1,7,12-14H2,3H3,(H,21,22). The molecule has 23 heavy (non-hydrogen) atoms. The number of hydrogen-bond donors (Lipinski definition) is 1. The van der Waals surface area contributed by atoms with Crippen molar-refractivity contribution in [2.45, 2.75) is 19.8 Å². The molecule has 2 rings (SSSR count). The van der Waals surface area contributed by atoms with Gasteiger partial charge in [-0.05, 0) is 35.2 Å². The number of benzene rings is 2. The van der Waals surface area contributed by atoms with Crippen molar-refractivity contribution in [3.8, 4) is 18.1 Å². The quantitative estimate of drug-likeness (QED) is 0.630. The van der Waals surface area contributed by atoms with Gasteiger partial charge in [0.1, 0.15) is 12.4 Å². The molecule has 1 amide bonds. The summed E-state index contributed by atoms with van der Waals surface area (Å²) in [5.74, 6) is 3.27. The molecule has 3 nitrogen and oxygen atoms in total. The van der Waals surface area contributed by atoms with Crippen LogP contribution in [0.5, 0.6) is 5.75 Å². The summed E-state index contributed by atoms with van der Waals surface area (Å²) in [7, 11) is 0. The molecule has 0 aliphatic rings. The normalized spacial score (nSPS) is 10.1. The Hall–Kier alpha value is -2.73. The van der Waals surface area contributed by atoms with E-state index in [2.05, 4.69) is 29.9 Å². The first-order valence-corrected chi connectivity index (χ1v) is 7.62. The molecule has 2 aromatic rings. The highest BCUT2D eigenvalue weighted by atomic mass is 16.5. The van der Waals surface area contributed by atoms with Gasteiger partial charge < -0.3 is 10.1 Å². The summed E-state index contributed by atoms with van der Waals surface area (Å²) in [5, 5.41) is 5.15. The average molecular weight is 307 g/mol. The van der Waals surface area contributed by atoms with Gasteiger partial charge in [-0.3, -0.25) is 4.79 Å². The molecule has 0 radical (unpaired) electrons.